The van der Waals surface area contributed by atoms with Crippen molar-refractivity contribution in [1.29, 1.82) is 0 Å². The number of anilines is 2. The number of methoxy groups -OCH3 is 1. The van der Waals surface area contributed by atoms with Gasteiger partial charge in [-0.15, -0.1) is 0 Å². The number of fused-ring (bicyclic) bond motifs is 1. The van der Waals surface area contributed by atoms with Gasteiger partial charge in [0, 0.05) is 22.0 Å². The highest BCUT2D eigenvalue weighted by Gasteiger charge is 2.36. The van der Waals surface area contributed by atoms with Crippen LogP contribution in [0.15, 0.2) is 72.8 Å². The molecule has 2 nitrogen and oxygen atoms in total. The molecule has 3 aromatic carbocycles. The highest BCUT2D eigenvalue weighted by atomic mass is 35.5. The van der Waals surface area contributed by atoms with E-state index in [1.807, 2.05) is 24.3 Å². The predicted octanol–water partition coefficient (Wildman–Crippen LogP) is 5.59. The van der Waals surface area contributed by atoms with Gasteiger partial charge in [-0.05, 0) is 48.0 Å². The lowest BCUT2D eigenvalue weighted by Gasteiger charge is -2.45. The van der Waals surface area contributed by atoms with E-state index in [9.17, 15) is 0 Å². The minimum Gasteiger partial charge on any atom is -0.497 e. The van der Waals surface area contributed by atoms with Crippen molar-refractivity contribution in [3.8, 4) is 5.75 Å². The molecule has 1 heterocycles. The molecule has 0 aromatic heterocycles. The minimum absolute atomic E-state index is 0.221. The Morgan fingerprint density at radius 2 is 1.57 bits per heavy atom. The zero-order valence-corrected chi connectivity index (χ0v) is 13.5. The molecule has 0 spiro atoms. The quantitative estimate of drug-likeness (QED) is 0.623. The number of benzene rings is 3. The van der Waals surface area contributed by atoms with Crippen molar-refractivity contribution in [3.63, 3.8) is 0 Å². The van der Waals surface area contributed by atoms with Crippen molar-refractivity contribution in [2.75, 3.05) is 12.0 Å². The standard InChI is InChI=1S/C20H16ClNO/c1-23-17-12-6-14(7-13-17)20-18-4-2-3-5-19(18)22(20)16-10-8-15(21)9-11-16/h2-13,20H,1H3. The van der Waals surface area contributed by atoms with E-state index in [0.29, 0.717) is 0 Å². The highest BCUT2D eigenvalue weighted by Crippen LogP contribution is 2.51. The molecule has 1 atom stereocenters. The van der Waals surface area contributed by atoms with Crippen LogP contribution in [0.25, 0.3) is 0 Å². The Labute approximate surface area is 140 Å². The molecule has 0 radical (unpaired) electrons. The summed E-state index contributed by atoms with van der Waals surface area (Å²) in [5, 5.41) is 0.753. The highest BCUT2D eigenvalue weighted by molar-refractivity contribution is 6.30. The summed E-state index contributed by atoms with van der Waals surface area (Å²) < 4.78 is 5.27. The summed E-state index contributed by atoms with van der Waals surface area (Å²) >= 11 is 6.03. The van der Waals surface area contributed by atoms with Crippen LogP contribution < -0.4 is 9.64 Å². The third-order valence-corrected chi connectivity index (χ3v) is 4.54. The molecule has 0 fully saturated rings. The molecular formula is C20H16ClNO. The first kappa shape index (κ1) is 14.2. The minimum atomic E-state index is 0.221. The first-order chi connectivity index (χ1) is 11.3. The summed E-state index contributed by atoms with van der Waals surface area (Å²) in [6, 6.07) is 25.0. The van der Waals surface area contributed by atoms with Gasteiger partial charge in [-0.25, -0.2) is 0 Å². The Hall–Kier alpha value is -2.45. The van der Waals surface area contributed by atoms with Crippen molar-refractivity contribution in [2.45, 2.75) is 6.04 Å². The molecular weight excluding hydrogens is 306 g/mol. The number of ether oxygens (including phenoxy) is 1. The Morgan fingerprint density at radius 1 is 0.870 bits per heavy atom. The molecule has 0 N–H and O–H groups in total. The maximum absolute atomic E-state index is 6.03. The van der Waals surface area contributed by atoms with Gasteiger partial charge in [0.15, 0.2) is 0 Å². The Bertz CT molecular complexity index is 827. The SMILES string of the molecule is COc1ccc(C2c3ccccc3N2c2ccc(Cl)cc2)cc1. The maximum atomic E-state index is 6.03. The molecule has 0 saturated carbocycles. The van der Waals surface area contributed by atoms with Crippen LogP contribution in [-0.4, -0.2) is 7.11 Å². The number of nitrogens with zero attached hydrogens (tertiary/aromatic N) is 1. The van der Waals surface area contributed by atoms with Gasteiger partial charge in [0.05, 0.1) is 13.2 Å². The lowest BCUT2D eigenvalue weighted by Crippen LogP contribution is -2.34. The van der Waals surface area contributed by atoms with E-state index in [2.05, 4.69) is 53.4 Å². The average molecular weight is 322 g/mol. The second-order valence-corrected chi connectivity index (χ2v) is 6.02. The topological polar surface area (TPSA) is 12.5 Å². The fourth-order valence-electron chi connectivity index (χ4n) is 3.15. The van der Waals surface area contributed by atoms with E-state index >= 15 is 0 Å². The first-order valence-corrected chi connectivity index (χ1v) is 7.93. The largest absolute Gasteiger partial charge is 0.497 e. The van der Waals surface area contributed by atoms with Gasteiger partial charge in [-0.1, -0.05) is 41.9 Å². The molecule has 4 rings (SSSR count). The maximum Gasteiger partial charge on any atom is 0.118 e. The Morgan fingerprint density at radius 3 is 2.26 bits per heavy atom. The fourth-order valence-corrected chi connectivity index (χ4v) is 3.28. The van der Waals surface area contributed by atoms with Gasteiger partial charge in [-0.3, -0.25) is 0 Å². The summed E-state index contributed by atoms with van der Waals surface area (Å²) in [5.41, 5.74) is 4.98. The number of rotatable bonds is 3. The Balaban J connectivity index is 1.78. The number of para-hydroxylation sites is 1. The fraction of sp³-hybridized carbons (Fsp3) is 0.100. The molecule has 3 heteroatoms. The molecule has 0 bridgehead atoms. The monoisotopic (exact) mass is 321 g/mol. The van der Waals surface area contributed by atoms with E-state index in [-0.39, 0.29) is 6.04 Å². The third-order valence-electron chi connectivity index (χ3n) is 4.29. The zero-order valence-electron chi connectivity index (χ0n) is 12.7. The van der Waals surface area contributed by atoms with E-state index in [0.717, 1.165) is 16.5 Å². The van der Waals surface area contributed by atoms with Crippen LogP contribution in [0.3, 0.4) is 0 Å². The van der Waals surface area contributed by atoms with Crippen LogP contribution >= 0.6 is 11.6 Å². The molecule has 1 unspecified atom stereocenters. The number of halogens is 1. The number of hydrogen-bond donors (Lipinski definition) is 0. The van der Waals surface area contributed by atoms with E-state index in [4.69, 9.17) is 16.3 Å². The Kier molecular flexibility index (Phi) is 3.47. The summed E-state index contributed by atoms with van der Waals surface area (Å²) in [5.74, 6) is 0.874. The van der Waals surface area contributed by atoms with Gasteiger partial charge in [0.1, 0.15) is 5.75 Å². The smallest absolute Gasteiger partial charge is 0.118 e. The van der Waals surface area contributed by atoms with E-state index < -0.39 is 0 Å². The van der Waals surface area contributed by atoms with Crippen molar-refractivity contribution < 1.29 is 4.74 Å². The van der Waals surface area contributed by atoms with Crippen molar-refractivity contribution in [1.82, 2.24) is 0 Å². The summed E-state index contributed by atoms with van der Waals surface area (Å²) in [6.07, 6.45) is 0. The summed E-state index contributed by atoms with van der Waals surface area (Å²) in [7, 11) is 1.69. The molecule has 0 aliphatic carbocycles. The van der Waals surface area contributed by atoms with Gasteiger partial charge in [-0.2, -0.15) is 0 Å². The number of hydrogen-bond acceptors (Lipinski definition) is 2. The van der Waals surface area contributed by atoms with Crippen molar-refractivity contribution in [3.05, 3.63) is 88.9 Å². The molecule has 0 amide bonds. The van der Waals surface area contributed by atoms with Gasteiger partial charge >= 0.3 is 0 Å². The van der Waals surface area contributed by atoms with Gasteiger partial charge < -0.3 is 9.64 Å². The van der Waals surface area contributed by atoms with Crippen LogP contribution in [0.2, 0.25) is 5.02 Å². The van der Waals surface area contributed by atoms with Crippen LogP contribution in [0.4, 0.5) is 11.4 Å². The molecule has 114 valence electrons. The summed E-state index contributed by atoms with van der Waals surface area (Å²) in [4.78, 5) is 2.34. The average Bonchev–Trinajstić information content (AvgIpc) is 2.58. The normalized spacial score (nSPS) is 15.7. The van der Waals surface area contributed by atoms with Crippen LogP contribution in [0.5, 0.6) is 5.75 Å². The molecule has 1 aliphatic rings. The van der Waals surface area contributed by atoms with Crippen LogP contribution in [-0.2, 0) is 0 Å². The van der Waals surface area contributed by atoms with E-state index in [1.54, 1.807) is 7.11 Å². The second-order valence-electron chi connectivity index (χ2n) is 5.58. The molecule has 23 heavy (non-hydrogen) atoms. The van der Waals surface area contributed by atoms with Gasteiger partial charge in [0.2, 0.25) is 0 Å². The molecule has 3 aromatic rings. The first-order valence-electron chi connectivity index (χ1n) is 7.55. The lowest BCUT2D eigenvalue weighted by molar-refractivity contribution is 0.414. The van der Waals surface area contributed by atoms with Gasteiger partial charge in [0.25, 0.3) is 0 Å². The lowest BCUT2D eigenvalue weighted by atomic mass is 9.87. The third kappa shape index (κ3) is 2.36. The van der Waals surface area contributed by atoms with Crippen molar-refractivity contribution in [2.24, 2.45) is 0 Å². The molecule has 1 aliphatic heterocycles. The molecule has 0 saturated heterocycles. The second kappa shape index (κ2) is 5.64. The van der Waals surface area contributed by atoms with Crippen LogP contribution in [0, 0.1) is 0 Å². The predicted molar refractivity (Wildman–Crippen MR) is 94.9 cm³/mol. The van der Waals surface area contributed by atoms with Crippen LogP contribution in [0.1, 0.15) is 17.2 Å². The zero-order chi connectivity index (χ0) is 15.8. The van der Waals surface area contributed by atoms with Crippen molar-refractivity contribution >= 4 is 23.0 Å². The van der Waals surface area contributed by atoms with E-state index in [1.165, 1.54) is 16.8 Å². The summed E-state index contributed by atoms with van der Waals surface area (Å²) in [6.45, 7) is 0.